The number of unbranched alkanes of at least 4 members (excludes halogenated alkanes) is 33. The van der Waals surface area contributed by atoms with Crippen molar-refractivity contribution < 1.29 is 25.2 Å². The number of aliphatic hydroxyl groups excluding tert-OH is 4. The van der Waals surface area contributed by atoms with E-state index in [2.05, 4.69) is 31.3 Å². The molecule has 0 fully saturated rings. The minimum atomic E-state index is -1.26. The van der Waals surface area contributed by atoms with Gasteiger partial charge in [-0.3, -0.25) is 4.79 Å². The summed E-state index contributed by atoms with van der Waals surface area (Å²) in [6, 6.07) is -0.984. The zero-order valence-electron chi connectivity index (χ0n) is 36.2. The van der Waals surface area contributed by atoms with Gasteiger partial charge in [0, 0.05) is 0 Å². The molecule has 0 rings (SSSR count). The van der Waals surface area contributed by atoms with Gasteiger partial charge in [0.15, 0.2) is 0 Å². The van der Waals surface area contributed by atoms with Crippen molar-refractivity contribution in [1.82, 2.24) is 5.32 Å². The molecule has 0 saturated heterocycles. The molecule has 0 aliphatic rings. The summed E-state index contributed by atoms with van der Waals surface area (Å²) >= 11 is 0. The third-order valence-corrected chi connectivity index (χ3v) is 11.5. The van der Waals surface area contributed by atoms with Crippen LogP contribution in [-0.2, 0) is 4.79 Å². The van der Waals surface area contributed by atoms with E-state index in [1.807, 2.05) is 0 Å². The topological polar surface area (TPSA) is 110 Å². The van der Waals surface area contributed by atoms with E-state index in [9.17, 15) is 25.2 Å². The number of hydrogen-bond acceptors (Lipinski definition) is 5. The summed E-state index contributed by atoms with van der Waals surface area (Å²) in [5.41, 5.74) is 0. The number of nitrogens with one attached hydrogen (secondary N) is 1. The summed E-state index contributed by atoms with van der Waals surface area (Å²) in [5.74, 6) is -0.586. The van der Waals surface area contributed by atoms with Crippen molar-refractivity contribution in [2.75, 3.05) is 6.61 Å². The molecule has 54 heavy (non-hydrogen) atoms. The van der Waals surface area contributed by atoms with Gasteiger partial charge in [-0.2, -0.15) is 0 Å². The predicted octanol–water partition coefficient (Wildman–Crippen LogP) is 13.0. The molecule has 0 saturated carbocycles. The number of aliphatic hydroxyl groups is 4. The maximum absolute atomic E-state index is 12.5. The molecular formula is C48H95NO5. The summed E-state index contributed by atoms with van der Waals surface area (Å²) in [5, 5.41) is 43.8. The predicted molar refractivity (Wildman–Crippen MR) is 233 cm³/mol. The molecule has 5 N–H and O–H groups in total. The third kappa shape index (κ3) is 36.7. The minimum absolute atomic E-state index is 0.364. The van der Waals surface area contributed by atoms with Gasteiger partial charge >= 0.3 is 0 Å². The van der Waals surface area contributed by atoms with Crippen LogP contribution in [0.5, 0.6) is 0 Å². The highest BCUT2D eigenvalue weighted by atomic mass is 16.3. The fourth-order valence-electron chi connectivity index (χ4n) is 7.64. The van der Waals surface area contributed by atoms with E-state index in [0.29, 0.717) is 12.8 Å². The van der Waals surface area contributed by atoms with Crippen molar-refractivity contribution in [3.8, 4) is 0 Å². The van der Waals surface area contributed by atoms with Gasteiger partial charge in [0.1, 0.15) is 12.2 Å². The van der Waals surface area contributed by atoms with Crippen LogP contribution in [0, 0.1) is 0 Å². The first-order valence-corrected chi connectivity index (χ1v) is 24.1. The molecule has 0 aromatic carbocycles. The van der Waals surface area contributed by atoms with Gasteiger partial charge in [-0.25, -0.2) is 0 Å². The molecule has 0 heterocycles. The first-order valence-electron chi connectivity index (χ1n) is 24.1. The molecule has 0 spiro atoms. The standard InChI is InChI=1S/C48H95NO5/c1-3-5-7-9-11-13-15-17-19-20-21-22-23-24-25-26-27-28-30-31-33-35-37-39-41-45(51)47(53)44(43-50)49-48(54)46(52)42-40-38-36-34-32-29-18-16-14-12-10-8-6-4-2/h14,16,44-47,50-53H,3-13,15,17-43H2,1-2H3,(H,49,54)/b16-14-. The molecule has 0 radical (unpaired) electrons. The van der Waals surface area contributed by atoms with E-state index >= 15 is 0 Å². The summed E-state index contributed by atoms with van der Waals surface area (Å²) in [6.45, 7) is 4.05. The fourth-order valence-corrected chi connectivity index (χ4v) is 7.64. The van der Waals surface area contributed by atoms with Gasteiger partial charge in [-0.15, -0.1) is 0 Å². The monoisotopic (exact) mass is 766 g/mol. The summed E-state index contributed by atoms with van der Waals surface area (Å²) in [6.07, 6.45) is 48.2. The van der Waals surface area contributed by atoms with Crippen molar-refractivity contribution in [3.05, 3.63) is 12.2 Å². The Balaban J connectivity index is 3.64. The summed E-state index contributed by atoms with van der Waals surface area (Å²) in [7, 11) is 0. The van der Waals surface area contributed by atoms with Gasteiger partial charge in [0.2, 0.25) is 5.91 Å². The maximum atomic E-state index is 12.5. The van der Waals surface area contributed by atoms with E-state index in [1.165, 1.54) is 186 Å². The Morgan fingerprint density at radius 3 is 1.09 bits per heavy atom. The lowest BCUT2D eigenvalue weighted by molar-refractivity contribution is -0.132. The van der Waals surface area contributed by atoms with E-state index in [0.717, 1.165) is 44.9 Å². The largest absolute Gasteiger partial charge is 0.394 e. The Labute approximate surface area is 336 Å². The maximum Gasteiger partial charge on any atom is 0.249 e. The van der Waals surface area contributed by atoms with Crippen LogP contribution in [0.2, 0.25) is 0 Å². The normalized spacial score (nSPS) is 14.1. The quantitative estimate of drug-likeness (QED) is 0.0313. The molecular weight excluding hydrogens is 671 g/mol. The lowest BCUT2D eigenvalue weighted by Gasteiger charge is -2.27. The van der Waals surface area contributed by atoms with Gasteiger partial charge in [-0.1, -0.05) is 231 Å². The molecule has 0 bridgehead atoms. The molecule has 0 aromatic heterocycles. The van der Waals surface area contributed by atoms with Crippen molar-refractivity contribution in [3.63, 3.8) is 0 Å². The van der Waals surface area contributed by atoms with Crippen LogP contribution in [0.3, 0.4) is 0 Å². The van der Waals surface area contributed by atoms with E-state index in [1.54, 1.807) is 0 Å². The highest BCUT2D eigenvalue weighted by Crippen LogP contribution is 2.17. The van der Waals surface area contributed by atoms with Crippen LogP contribution in [0.15, 0.2) is 12.2 Å². The average molecular weight is 766 g/mol. The molecule has 1 amide bonds. The second kappa shape index (κ2) is 43.2. The Morgan fingerprint density at radius 2 is 0.741 bits per heavy atom. The Hall–Kier alpha value is -0.950. The van der Waals surface area contributed by atoms with Gasteiger partial charge in [0.25, 0.3) is 0 Å². The van der Waals surface area contributed by atoms with Crippen LogP contribution >= 0.6 is 0 Å². The highest BCUT2D eigenvalue weighted by Gasteiger charge is 2.28. The molecule has 322 valence electrons. The number of hydrogen-bond donors (Lipinski definition) is 5. The van der Waals surface area contributed by atoms with Crippen molar-refractivity contribution in [2.24, 2.45) is 0 Å². The number of rotatable bonds is 44. The minimum Gasteiger partial charge on any atom is -0.394 e. The van der Waals surface area contributed by atoms with Crippen molar-refractivity contribution in [1.29, 1.82) is 0 Å². The van der Waals surface area contributed by atoms with E-state index in [-0.39, 0.29) is 0 Å². The van der Waals surface area contributed by atoms with Gasteiger partial charge in [-0.05, 0) is 38.5 Å². The molecule has 6 nitrogen and oxygen atoms in total. The van der Waals surface area contributed by atoms with Crippen LogP contribution in [0.4, 0.5) is 0 Å². The lowest BCUT2D eigenvalue weighted by atomic mass is 9.99. The third-order valence-electron chi connectivity index (χ3n) is 11.5. The second-order valence-electron chi connectivity index (χ2n) is 16.8. The number of carbonyl (C=O) groups excluding carboxylic acids is 1. The number of allylic oxidation sites excluding steroid dienone is 2. The van der Waals surface area contributed by atoms with Crippen molar-refractivity contribution in [2.45, 2.75) is 282 Å². The van der Waals surface area contributed by atoms with Crippen LogP contribution < -0.4 is 5.32 Å². The van der Waals surface area contributed by atoms with Crippen molar-refractivity contribution >= 4 is 5.91 Å². The first-order chi connectivity index (χ1) is 26.5. The van der Waals surface area contributed by atoms with E-state index < -0.39 is 36.9 Å². The van der Waals surface area contributed by atoms with Crippen LogP contribution in [0.1, 0.15) is 258 Å². The van der Waals surface area contributed by atoms with Gasteiger partial charge < -0.3 is 25.7 Å². The zero-order valence-corrected chi connectivity index (χ0v) is 36.2. The molecule has 0 aromatic rings. The second-order valence-corrected chi connectivity index (χ2v) is 16.8. The SMILES string of the molecule is CCCCCC/C=C\CCCCCCCCC(O)C(=O)NC(CO)C(O)C(O)CCCCCCCCCCCCCCCCCCCCCCCCCC. The fraction of sp³-hybridized carbons (Fsp3) is 0.938. The highest BCUT2D eigenvalue weighted by molar-refractivity contribution is 5.80. The Kier molecular flexibility index (Phi) is 42.4. The Morgan fingerprint density at radius 1 is 0.444 bits per heavy atom. The smallest absolute Gasteiger partial charge is 0.249 e. The molecule has 0 aliphatic carbocycles. The van der Waals surface area contributed by atoms with Gasteiger partial charge in [0.05, 0.1) is 18.8 Å². The molecule has 0 aliphatic heterocycles. The number of amides is 1. The summed E-state index contributed by atoms with van der Waals surface area (Å²) < 4.78 is 0. The summed E-state index contributed by atoms with van der Waals surface area (Å²) in [4.78, 5) is 12.5. The molecule has 6 heteroatoms. The Bertz CT molecular complexity index is 776. The molecule has 4 unspecified atom stereocenters. The van der Waals surface area contributed by atoms with E-state index in [4.69, 9.17) is 0 Å². The number of carbonyl (C=O) groups is 1. The van der Waals surface area contributed by atoms with Crippen LogP contribution in [0.25, 0.3) is 0 Å². The zero-order chi connectivity index (χ0) is 39.6. The van der Waals surface area contributed by atoms with Crippen LogP contribution in [-0.4, -0.2) is 57.3 Å². The molecule has 4 atom stereocenters. The lowest BCUT2D eigenvalue weighted by Crippen LogP contribution is -2.53. The first kappa shape index (κ1) is 53.0. The average Bonchev–Trinajstić information content (AvgIpc) is 3.18.